The van der Waals surface area contributed by atoms with Crippen LogP contribution in [-0.2, 0) is 0 Å². The summed E-state index contributed by atoms with van der Waals surface area (Å²) in [6.45, 7) is 4.05. The van der Waals surface area contributed by atoms with Crippen molar-refractivity contribution in [3.63, 3.8) is 0 Å². The molecule has 2 aromatic carbocycles. The van der Waals surface area contributed by atoms with Gasteiger partial charge in [0.05, 0.1) is 21.7 Å². The molecule has 0 saturated carbocycles. The van der Waals surface area contributed by atoms with Gasteiger partial charge in [-0.1, -0.05) is 17.7 Å². The van der Waals surface area contributed by atoms with E-state index in [0.29, 0.717) is 16.5 Å². The maximum absolute atomic E-state index is 13.5. The number of hydrogen-bond acceptors (Lipinski definition) is 2. The van der Waals surface area contributed by atoms with Gasteiger partial charge in [0.15, 0.2) is 0 Å². The Bertz CT molecular complexity index is 824. The fourth-order valence-corrected chi connectivity index (χ4v) is 2.69. The second kappa shape index (κ2) is 5.04. The molecule has 0 bridgehead atoms. The number of nitrogens with two attached hydrogens (primary N) is 1. The lowest BCUT2D eigenvalue weighted by Crippen LogP contribution is -2.04. The summed E-state index contributed by atoms with van der Waals surface area (Å²) in [5, 5.41) is 0.487. The van der Waals surface area contributed by atoms with Crippen molar-refractivity contribution in [3.05, 3.63) is 47.2 Å². The van der Waals surface area contributed by atoms with E-state index in [9.17, 15) is 4.39 Å². The quantitative estimate of drug-likeness (QED) is 0.700. The van der Waals surface area contributed by atoms with Crippen LogP contribution in [0.4, 0.5) is 10.1 Å². The first kappa shape index (κ1) is 13.9. The molecule has 3 nitrogen and oxygen atoms in total. The lowest BCUT2D eigenvalue weighted by Gasteiger charge is -2.14. The van der Waals surface area contributed by atoms with E-state index in [1.54, 1.807) is 12.1 Å². The molecule has 0 aliphatic rings. The van der Waals surface area contributed by atoms with E-state index in [2.05, 4.69) is 4.98 Å². The molecule has 0 radical (unpaired) electrons. The summed E-state index contributed by atoms with van der Waals surface area (Å²) in [7, 11) is 0. The second-order valence-corrected chi connectivity index (χ2v) is 5.64. The predicted molar refractivity (Wildman–Crippen MR) is 84.9 cm³/mol. The van der Waals surface area contributed by atoms with Gasteiger partial charge in [-0.15, -0.1) is 0 Å². The zero-order chi connectivity index (χ0) is 15.1. The highest BCUT2D eigenvalue weighted by molar-refractivity contribution is 6.33. The van der Waals surface area contributed by atoms with Gasteiger partial charge in [-0.2, -0.15) is 0 Å². The Morgan fingerprint density at radius 3 is 2.71 bits per heavy atom. The van der Waals surface area contributed by atoms with Crippen LogP contribution in [0.25, 0.3) is 22.4 Å². The number of rotatable bonds is 2. The Kier molecular flexibility index (Phi) is 3.33. The lowest BCUT2D eigenvalue weighted by molar-refractivity contribution is 0.613. The average Bonchev–Trinajstić information content (AvgIpc) is 2.80. The minimum Gasteiger partial charge on any atom is -0.397 e. The molecule has 0 amide bonds. The highest BCUT2D eigenvalue weighted by Gasteiger charge is 2.18. The molecule has 0 saturated heterocycles. The third-order valence-corrected chi connectivity index (χ3v) is 3.79. The Balaban J connectivity index is 2.37. The summed E-state index contributed by atoms with van der Waals surface area (Å²) in [4.78, 5) is 4.60. The highest BCUT2D eigenvalue weighted by Crippen LogP contribution is 2.34. The number of fused-ring (bicyclic) bond motifs is 1. The van der Waals surface area contributed by atoms with Crippen LogP contribution in [0.3, 0.4) is 0 Å². The molecule has 3 rings (SSSR count). The van der Waals surface area contributed by atoms with E-state index in [0.717, 1.165) is 16.6 Å². The van der Waals surface area contributed by atoms with Crippen LogP contribution >= 0.6 is 11.6 Å². The maximum atomic E-state index is 13.5. The molecule has 5 heteroatoms. The van der Waals surface area contributed by atoms with E-state index in [1.807, 2.05) is 30.5 Å². The summed E-state index contributed by atoms with van der Waals surface area (Å²) in [6, 6.07) is 10.1. The third kappa shape index (κ3) is 2.25. The van der Waals surface area contributed by atoms with Crippen molar-refractivity contribution < 1.29 is 4.39 Å². The number of benzene rings is 2. The van der Waals surface area contributed by atoms with Crippen LogP contribution in [0, 0.1) is 5.82 Å². The molecule has 0 fully saturated rings. The van der Waals surface area contributed by atoms with Gasteiger partial charge in [0.1, 0.15) is 11.6 Å². The molecule has 21 heavy (non-hydrogen) atoms. The molecule has 0 unspecified atom stereocenters. The number of aromatic nitrogens is 2. The summed E-state index contributed by atoms with van der Waals surface area (Å²) < 4.78 is 15.5. The second-order valence-electron chi connectivity index (χ2n) is 5.23. The SMILES string of the molecule is CC(C)n1c(-c2cccc(Cl)c2N)nc2ccc(F)cc21. The van der Waals surface area contributed by atoms with E-state index in [4.69, 9.17) is 17.3 Å². The number of nitrogens with zero attached hydrogens (tertiary/aromatic N) is 2. The molecular formula is C16H15ClFN3. The fourth-order valence-electron chi connectivity index (χ4n) is 2.51. The Morgan fingerprint density at radius 2 is 2.00 bits per heavy atom. The van der Waals surface area contributed by atoms with Gasteiger partial charge in [0, 0.05) is 11.6 Å². The number of nitrogen functional groups attached to an aromatic ring is 1. The van der Waals surface area contributed by atoms with Crippen LogP contribution < -0.4 is 5.73 Å². The zero-order valence-electron chi connectivity index (χ0n) is 11.8. The fraction of sp³-hybridized carbons (Fsp3) is 0.188. The van der Waals surface area contributed by atoms with Crippen LogP contribution in [-0.4, -0.2) is 9.55 Å². The van der Waals surface area contributed by atoms with Crippen LogP contribution in [0.15, 0.2) is 36.4 Å². The van der Waals surface area contributed by atoms with Gasteiger partial charge < -0.3 is 10.3 Å². The van der Waals surface area contributed by atoms with Gasteiger partial charge in [-0.3, -0.25) is 0 Å². The first-order chi connectivity index (χ1) is 9.99. The third-order valence-electron chi connectivity index (χ3n) is 3.46. The highest BCUT2D eigenvalue weighted by atomic mass is 35.5. The maximum Gasteiger partial charge on any atom is 0.143 e. The minimum atomic E-state index is -0.282. The average molecular weight is 304 g/mol. The van der Waals surface area contributed by atoms with Gasteiger partial charge in [0.25, 0.3) is 0 Å². The normalized spacial score (nSPS) is 11.5. The number of halogens is 2. The molecule has 2 N–H and O–H groups in total. The summed E-state index contributed by atoms with van der Waals surface area (Å²) >= 11 is 6.10. The smallest absolute Gasteiger partial charge is 0.143 e. The summed E-state index contributed by atoms with van der Waals surface area (Å²) in [6.07, 6.45) is 0. The first-order valence-corrected chi connectivity index (χ1v) is 7.08. The molecule has 0 aliphatic heterocycles. The van der Waals surface area contributed by atoms with Crippen molar-refractivity contribution in [2.24, 2.45) is 0 Å². The van der Waals surface area contributed by atoms with E-state index >= 15 is 0 Å². The number of anilines is 1. The Hall–Kier alpha value is -2.07. The lowest BCUT2D eigenvalue weighted by atomic mass is 10.1. The molecule has 3 aromatic rings. The van der Waals surface area contributed by atoms with Crippen LogP contribution in [0.1, 0.15) is 19.9 Å². The van der Waals surface area contributed by atoms with Crippen molar-refractivity contribution in [2.45, 2.75) is 19.9 Å². The topological polar surface area (TPSA) is 43.8 Å². The molecule has 0 spiro atoms. The van der Waals surface area contributed by atoms with Gasteiger partial charge >= 0.3 is 0 Å². The summed E-state index contributed by atoms with van der Waals surface area (Å²) in [5.41, 5.74) is 8.80. The Labute approximate surface area is 127 Å². The standard InChI is InChI=1S/C16H15ClFN3/c1-9(2)21-14-8-10(18)6-7-13(14)20-16(21)11-4-3-5-12(17)15(11)19/h3-9H,19H2,1-2H3. The van der Waals surface area contributed by atoms with E-state index in [1.165, 1.54) is 12.1 Å². The van der Waals surface area contributed by atoms with Gasteiger partial charge in [-0.05, 0) is 44.2 Å². The molecule has 108 valence electrons. The number of para-hydroxylation sites is 1. The Morgan fingerprint density at radius 1 is 1.24 bits per heavy atom. The van der Waals surface area contributed by atoms with Crippen molar-refractivity contribution in [1.82, 2.24) is 9.55 Å². The van der Waals surface area contributed by atoms with Gasteiger partial charge in [0.2, 0.25) is 0 Å². The van der Waals surface area contributed by atoms with E-state index in [-0.39, 0.29) is 11.9 Å². The van der Waals surface area contributed by atoms with Crippen LogP contribution in [0.2, 0.25) is 5.02 Å². The molecule has 1 heterocycles. The summed E-state index contributed by atoms with van der Waals surface area (Å²) in [5.74, 6) is 0.417. The molecule has 0 aliphatic carbocycles. The van der Waals surface area contributed by atoms with Gasteiger partial charge in [-0.25, -0.2) is 9.37 Å². The molecular weight excluding hydrogens is 289 g/mol. The monoisotopic (exact) mass is 303 g/mol. The number of hydrogen-bond donors (Lipinski definition) is 1. The van der Waals surface area contributed by atoms with E-state index < -0.39 is 0 Å². The molecule has 0 atom stereocenters. The molecule has 1 aromatic heterocycles. The minimum absolute atomic E-state index is 0.116. The van der Waals surface area contributed by atoms with Crippen molar-refractivity contribution >= 4 is 28.3 Å². The largest absolute Gasteiger partial charge is 0.397 e. The van der Waals surface area contributed by atoms with Crippen LogP contribution in [0.5, 0.6) is 0 Å². The van der Waals surface area contributed by atoms with Crippen molar-refractivity contribution in [3.8, 4) is 11.4 Å². The number of imidazole rings is 1. The zero-order valence-corrected chi connectivity index (χ0v) is 12.5. The predicted octanol–water partition coefficient (Wildman–Crippen LogP) is 4.66. The van der Waals surface area contributed by atoms with Crippen molar-refractivity contribution in [2.75, 3.05) is 5.73 Å². The van der Waals surface area contributed by atoms with Crippen molar-refractivity contribution in [1.29, 1.82) is 0 Å². The first-order valence-electron chi connectivity index (χ1n) is 6.71.